The summed E-state index contributed by atoms with van der Waals surface area (Å²) in [6, 6.07) is 8.79. The maximum Gasteiger partial charge on any atom is 0.271 e. The van der Waals surface area contributed by atoms with Crippen LogP contribution in [0.15, 0.2) is 47.8 Å². The fraction of sp³-hybridized carbons (Fsp3) is 0.0588. The van der Waals surface area contributed by atoms with Gasteiger partial charge in [0, 0.05) is 23.1 Å². The van der Waals surface area contributed by atoms with Crippen molar-refractivity contribution in [3.05, 3.63) is 75.3 Å². The summed E-state index contributed by atoms with van der Waals surface area (Å²) in [7, 11) is 0. The summed E-state index contributed by atoms with van der Waals surface area (Å²) in [5.74, 6) is -1.73. The van der Waals surface area contributed by atoms with Crippen LogP contribution in [0.25, 0.3) is 10.6 Å². The molecule has 1 amide bonds. The number of hydrogen-bond acceptors (Lipinski definition) is 5. The maximum absolute atomic E-state index is 13.7. The van der Waals surface area contributed by atoms with Crippen LogP contribution in [-0.4, -0.2) is 15.8 Å². The predicted molar refractivity (Wildman–Crippen MR) is 92.9 cm³/mol. The van der Waals surface area contributed by atoms with E-state index in [9.17, 15) is 23.7 Å². The van der Waals surface area contributed by atoms with E-state index >= 15 is 0 Å². The van der Waals surface area contributed by atoms with E-state index < -0.39 is 22.5 Å². The molecule has 0 saturated carbocycles. The first-order valence-electron chi connectivity index (χ1n) is 7.36. The highest BCUT2D eigenvalue weighted by molar-refractivity contribution is 7.13. The van der Waals surface area contributed by atoms with Crippen LogP contribution in [0.5, 0.6) is 0 Å². The fourth-order valence-corrected chi connectivity index (χ4v) is 3.04. The van der Waals surface area contributed by atoms with Gasteiger partial charge in [-0.3, -0.25) is 14.9 Å². The van der Waals surface area contributed by atoms with E-state index in [0.717, 1.165) is 18.2 Å². The molecule has 0 saturated heterocycles. The van der Waals surface area contributed by atoms with E-state index in [1.165, 1.54) is 23.5 Å². The molecule has 0 aliphatic carbocycles. The molecule has 0 aliphatic heterocycles. The van der Waals surface area contributed by atoms with E-state index in [2.05, 4.69) is 10.3 Å². The zero-order valence-electron chi connectivity index (χ0n) is 13.1. The lowest BCUT2D eigenvalue weighted by molar-refractivity contribution is -0.384. The Morgan fingerprint density at radius 3 is 2.77 bits per heavy atom. The first kappa shape index (κ1) is 17.6. The standard InChI is InChI=1S/C17H11F2N3O3S/c18-11-3-1-2-10(6-11)17-20-12(9-26-17)7-16(23)21-15-8-13(22(24)25)4-5-14(15)19/h1-6,8-9H,7H2,(H,21,23). The molecular weight excluding hydrogens is 364 g/mol. The highest BCUT2D eigenvalue weighted by Crippen LogP contribution is 2.25. The Hall–Kier alpha value is -3.20. The molecule has 0 bridgehead atoms. The molecule has 0 aliphatic rings. The van der Waals surface area contributed by atoms with Gasteiger partial charge in [0.05, 0.1) is 22.7 Å². The van der Waals surface area contributed by atoms with Gasteiger partial charge in [0.15, 0.2) is 0 Å². The summed E-state index contributed by atoms with van der Waals surface area (Å²) in [6.45, 7) is 0. The molecule has 0 spiro atoms. The molecule has 2 aromatic carbocycles. The second-order valence-electron chi connectivity index (χ2n) is 5.30. The number of thiazole rings is 1. The Labute approximate surface area is 150 Å². The first-order valence-corrected chi connectivity index (χ1v) is 8.24. The van der Waals surface area contributed by atoms with Gasteiger partial charge in [-0.25, -0.2) is 13.8 Å². The third-order valence-corrected chi connectivity index (χ3v) is 4.34. The molecule has 1 heterocycles. The third kappa shape index (κ3) is 4.06. The fourth-order valence-electron chi connectivity index (χ4n) is 2.22. The number of nitrogens with one attached hydrogen (secondary N) is 1. The van der Waals surface area contributed by atoms with Crippen molar-refractivity contribution in [2.24, 2.45) is 0 Å². The molecule has 0 unspecified atom stereocenters. The number of carbonyl (C=O) groups excluding carboxylic acids is 1. The maximum atomic E-state index is 13.7. The lowest BCUT2D eigenvalue weighted by Crippen LogP contribution is -2.15. The normalized spacial score (nSPS) is 10.5. The average molecular weight is 375 g/mol. The second kappa shape index (κ2) is 7.36. The molecule has 9 heteroatoms. The molecule has 1 aromatic heterocycles. The van der Waals surface area contributed by atoms with Gasteiger partial charge in [0.25, 0.3) is 5.69 Å². The van der Waals surface area contributed by atoms with Crippen LogP contribution in [0.3, 0.4) is 0 Å². The number of anilines is 1. The van der Waals surface area contributed by atoms with Crippen LogP contribution in [0, 0.1) is 21.7 Å². The Bertz CT molecular complexity index is 991. The minimum Gasteiger partial charge on any atom is -0.323 e. The average Bonchev–Trinajstić information content (AvgIpc) is 3.05. The number of benzene rings is 2. The number of amides is 1. The Balaban J connectivity index is 1.71. The number of halogens is 2. The molecule has 0 fully saturated rings. The molecule has 0 atom stereocenters. The van der Waals surface area contributed by atoms with E-state index in [0.29, 0.717) is 16.3 Å². The molecular formula is C17H11F2N3O3S. The van der Waals surface area contributed by atoms with Gasteiger partial charge in [-0.05, 0) is 18.2 Å². The smallest absolute Gasteiger partial charge is 0.271 e. The van der Waals surface area contributed by atoms with Gasteiger partial charge in [0.1, 0.15) is 16.6 Å². The van der Waals surface area contributed by atoms with Crippen molar-refractivity contribution in [1.29, 1.82) is 0 Å². The minimum absolute atomic E-state index is 0.145. The minimum atomic E-state index is -0.775. The molecule has 1 N–H and O–H groups in total. The number of nitrogens with zero attached hydrogens (tertiary/aromatic N) is 2. The van der Waals surface area contributed by atoms with Crippen molar-refractivity contribution in [3.63, 3.8) is 0 Å². The second-order valence-corrected chi connectivity index (χ2v) is 6.16. The van der Waals surface area contributed by atoms with Crippen molar-refractivity contribution in [3.8, 4) is 10.6 Å². The quantitative estimate of drug-likeness (QED) is 0.536. The number of nitro groups is 1. The molecule has 0 radical (unpaired) electrons. The Kier molecular flexibility index (Phi) is 4.99. The highest BCUT2D eigenvalue weighted by Gasteiger charge is 2.15. The zero-order chi connectivity index (χ0) is 18.7. The predicted octanol–water partition coefficient (Wildman–Crippen LogP) is 4.18. The van der Waals surface area contributed by atoms with Gasteiger partial charge in [0.2, 0.25) is 5.91 Å². The largest absolute Gasteiger partial charge is 0.323 e. The number of carbonyl (C=O) groups is 1. The molecule has 3 rings (SSSR count). The van der Waals surface area contributed by atoms with Crippen LogP contribution in [0.2, 0.25) is 0 Å². The van der Waals surface area contributed by atoms with Gasteiger partial charge in [-0.2, -0.15) is 0 Å². The molecule has 132 valence electrons. The Morgan fingerprint density at radius 1 is 1.23 bits per heavy atom. The highest BCUT2D eigenvalue weighted by atomic mass is 32.1. The van der Waals surface area contributed by atoms with Crippen molar-refractivity contribution in [2.75, 3.05) is 5.32 Å². The van der Waals surface area contributed by atoms with Gasteiger partial charge < -0.3 is 5.32 Å². The molecule has 6 nitrogen and oxygen atoms in total. The monoisotopic (exact) mass is 375 g/mol. The summed E-state index contributed by atoms with van der Waals surface area (Å²) in [5, 5.41) is 15.2. The number of aromatic nitrogens is 1. The summed E-state index contributed by atoms with van der Waals surface area (Å²) in [5.41, 5.74) is 0.414. The van der Waals surface area contributed by atoms with E-state index in [1.54, 1.807) is 17.5 Å². The third-order valence-electron chi connectivity index (χ3n) is 3.40. The topological polar surface area (TPSA) is 85.1 Å². The lowest BCUT2D eigenvalue weighted by atomic mass is 10.2. The van der Waals surface area contributed by atoms with Crippen LogP contribution < -0.4 is 5.32 Å². The lowest BCUT2D eigenvalue weighted by Gasteiger charge is -2.05. The number of rotatable bonds is 5. The van der Waals surface area contributed by atoms with Crippen molar-refractivity contribution >= 4 is 28.6 Å². The van der Waals surface area contributed by atoms with E-state index in [-0.39, 0.29) is 17.8 Å². The first-order chi connectivity index (χ1) is 12.4. The van der Waals surface area contributed by atoms with Crippen molar-refractivity contribution < 1.29 is 18.5 Å². The molecule has 3 aromatic rings. The van der Waals surface area contributed by atoms with E-state index in [1.807, 2.05) is 0 Å². The number of non-ortho nitro benzene ring substituents is 1. The zero-order valence-corrected chi connectivity index (χ0v) is 13.9. The SMILES string of the molecule is O=C(Cc1csc(-c2cccc(F)c2)n1)Nc1cc([N+](=O)[O-])ccc1F. The van der Waals surface area contributed by atoms with Crippen molar-refractivity contribution in [1.82, 2.24) is 4.98 Å². The van der Waals surface area contributed by atoms with Crippen LogP contribution in [-0.2, 0) is 11.2 Å². The van der Waals surface area contributed by atoms with E-state index in [4.69, 9.17) is 0 Å². The number of hydrogen-bond donors (Lipinski definition) is 1. The van der Waals surface area contributed by atoms with Gasteiger partial charge in [-0.1, -0.05) is 12.1 Å². The summed E-state index contributed by atoms with van der Waals surface area (Å²) in [6.07, 6.45) is -0.145. The van der Waals surface area contributed by atoms with Gasteiger partial charge in [-0.15, -0.1) is 11.3 Å². The summed E-state index contributed by atoms with van der Waals surface area (Å²) < 4.78 is 27.0. The van der Waals surface area contributed by atoms with Crippen LogP contribution in [0.4, 0.5) is 20.2 Å². The Morgan fingerprint density at radius 2 is 2.04 bits per heavy atom. The summed E-state index contributed by atoms with van der Waals surface area (Å²) >= 11 is 1.25. The van der Waals surface area contributed by atoms with Gasteiger partial charge >= 0.3 is 0 Å². The summed E-state index contributed by atoms with van der Waals surface area (Å²) in [4.78, 5) is 26.4. The molecule has 26 heavy (non-hydrogen) atoms. The number of nitro benzene ring substituents is 1. The van der Waals surface area contributed by atoms with Crippen molar-refractivity contribution in [2.45, 2.75) is 6.42 Å². The van der Waals surface area contributed by atoms with Crippen LogP contribution >= 0.6 is 11.3 Å². The van der Waals surface area contributed by atoms with Crippen LogP contribution in [0.1, 0.15) is 5.69 Å².